The first-order chi connectivity index (χ1) is 25.6. The summed E-state index contributed by atoms with van der Waals surface area (Å²) in [5.41, 5.74) is 10.3. The first-order valence-corrected chi connectivity index (χ1v) is 20.2. The van der Waals surface area contributed by atoms with E-state index >= 15 is 0 Å². The zero-order valence-corrected chi connectivity index (χ0v) is 34.1. The van der Waals surface area contributed by atoms with Gasteiger partial charge < -0.3 is 31.9 Å². The van der Waals surface area contributed by atoms with Crippen LogP contribution in [0, 0.1) is 57.2 Å². The molecule has 302 valence electrons. The van der Waals surface area contributed by atoms with Crippen LogP contribution in [0.5, 0.6) is 0 Å². The summed E-state index contributed by atoms with van der Waals surface area (Å²) in [4.78, 5) is 45.1. The molecule has 2 fully saturated rings. The topological polar surface area (TPSA) is 197 Å². The lowest BCUT2D eigenvalue weighted by Crippen LogP contribution is -2.63. The van der Waals surface area contributed by atoms with Crippen LogP contribution in [0.15, 0.2) is 64.2 Å². The number of nitrogens with two attached hydrogens (primary N) is 2. The van der Waals surface area contributed by atoms with Crippen molar-refractivity contribution in [1.29, 1.82) is 0 Å². The van der Waals surface area contributed by atoms with Gasteiger partial charge in [0.05, 0.1) is 18.3 Å². The van der Waals surface area contributed by atoms with Crippen molar-refractivity contribution in [1.82, 2.24) is 0 Å². The molecule has 0 aromatic heterocycles. The van der Waals surface area contributed by atoms with Crippen molar-refractivity contribution >= 4 is 29.6 Å². The Kier molecular flexibility index (Phi) is 12.2. The number of benzene rings is 1. The molecule has 4 aliphatic carbocycles. The number of carboxylic acids is 1. The number of Topliss-reactive ketones (excluding diaryl/α,β-unsaturated/α-hetero) is 2. The molecule has 10 heteroatoms. The number of aliphatic hydroxyl groups is 3. The molecule has 0 bridgehead atoms. The van der Waals surface area contributed by atoms with E-state index in [9.17, 15) is 34.8 Å². The van der Waals surface area contributed by atoms with E-state index in [0.29, 0.717) is 42.7 Å². The second kappa shape index (κ2) is 15.7. The first kappa shape index (κ1) is 42.5. The summed E-state index contributed by atoms with van der Waals surface area (Å²) < 4.78 is 0. The zero-order valence-electron chi connectivity index (χ0n) is 34.1. The van der Waals surface area contributed by atoms with E-state index < -0.39 is 57.8 Å². The maximum Gasteiger partial charge on any atom is 0.331 e. The Morgan fingerprint density at radius 3 is 2.29 bits per heavy atom. The SMILES string of the molecule is CC(C)CCCC(=C[C@@H](O)[C@H](CN=C(N)N)[C@@H](C)[C@@H]1C[C@H](O)[C@]2(C)C3=C(C(=O)C[C@]12C)[C@@]1(C)CCC(=O)C(C)(C)[C@@H]1[C@@H](C=Cc1ccccc1)[C@H]3O)C(=O)O. The average Bonchev–Trinajstić information content (AvgIpc) is 3.30. The Balaban J connectivity index is 1.62. The quantitative estimate of drug-likeness (QED) is 0.0784. The molecular formula is C45H65N3O7. The number of aliphatic hydroxyl groups excluding tert-OH is 3. The summed E-state index contributed by atoms with van der Waals surface area (Å²) in [6.45, 7) is 16.1. The molecule has 10 nitrogen and oxygen atoms in total. The first-order valence-electron chi connectivity index (χ1n) is 20.2. The molecule has 0 heterocycles. The van der Waals surface area contributed by atoms with Crippen LogP contribution in [0.3, 0.4) is 0 Å². The molecule has 0 amide bonds. The van der Waals surface area contributed by atoms with Crippen molar-refractivity contribution in [2.24, 2.45) is 73.6 Å². The largest absolute Gasteiger partial charge is 0.478 e. The maximum atomic E-state index is 14.9. The van der Waals surface area contributed by atoms with Gasteiger partial charge in [-0.3, -0.25) is 14.6 Å². The Morgan fingerprint density at radius 2 is 1.69 bits per heavy atom. The fourth-order valence-electron chi connectivity index (χ4n) is 11.8. The third kappa shape index (κ3) is 7.39. The molecule has 0 saturated heterocycles. The van der Waals surface area contributed by atoms with Gasteiger partial charge in [-0.1, -0.05) is 104 Å². The minimum absolute atomic E-state index is 0.0131. The second-order valence-electron chi connectivity index (χ2n) is 18.8. The van der Waals surface area contributed by atoms with Crippen molar-refractivity contribution in [2.45, 2.75) is 119 Å². The number of rotatable bonds is 13. The van der Waals surface area contributed by atoms with Crippen molar-refractivity contribution in [3.63, 3.8) is 0 Å². The van der Waals surface area contributed by atoms with Gasteiger partial charge in [-0.05, 0) is 72.0 Å². The minimum atomic E-state index is -1.22. The van der Waals surface area contributed by atoms with Gasteiger partial charge in [0, 0.05) is 58.6 Å². The number of hydrogen-bond donors (Lipinski definition) is 6. The number of aliphatic carboxylic acids is 1. The van der Waals surface area contributed by atoms with Crippen molar-refractivity contribution in [3.8, 4) is 0 Å². The predicted octanol–water partition coefficient (Wildman–Crippen LogP) is 6.09. The van der Waals surface area contributed by atoms with Gasteiger partial charge >= 0.3 is 5.97 Å². The van der Waals surface area contributed by atoms with E-state index in [2.05, 4.69) is 25.8 Å². The molecule has 55 heavy (non-hydrogen) atoms. The monoisotopic (exact) mass is 759 g/mol. The highest BCUT2D eigenvalue weighted by Crippen LogP contribution is 2.72. The average molecular weight is 760 g/mol. The zero-order chi connectivity index (χ0) is 40.8. The van der Waals surface area contributed by atoms with Gasteiger partial charge in [0.1, 0.15) is 5.78 Å². The van der Waals surface area contributed by atoms with Crippen LogP contribution in [-0.2, 0) is 14.4 Å². The van der Waals surface area contributed by atoms with Crippen LogP contribution in [0.4, 0.5) is 0 Å². The summed E-state index contributed by atoms with van der Waals surface area (Å²) in [7, 11) is 0. The summed E-state index contributed by atoms with van der Waals surface area (Å²) in [6, 6.07) is 9.79. The number of carbonyl (C=O) groups excluding carboxylic acids is 2. The van der Waals surface area contributed by atoms with Gasteiger partial charge in [-0.25, -0.2) is 4.79 Å². The summed E-state index contributed by atoms with van der Waals surface area (Å²) >= 11 is 0. The van der Waals surface area contributed by atoms with Gasteiger partial charge in [-0.2, -0.15) is 0 Å². The normalized spacial score (nSPS) is 34.9. The van der Waals surface area contributed by atoms with Crippen LogP contribution >= 0.6 is 0 Å². The highest BCUT2D eigenvalue weighted by Gasteiger charge is 2.71. The van der Waals surface area contributed by atoms with Crippen molar-refractivity contribution in [2.75, 3.05) is 6.54 Å². The number of hydrogen-bond acceptors (Lipinski definition) is 7. The van der Waals surface area contributed by atoms with Gasteiger partial charge in [0.25, 0.3) is 0 Å². The third-order valence-electron chi connectivity index (χ3n) is 14.9. The molecule has 4 aliphatic rings. The van der Waals surface area contributed by atoms with E-state index in [0.717, 1.165) is 12.0 Å². The molecule has 1 aromatic carbocycles. The van der Waals surface area contributed by atoms with Crippen molar-refractivity contribution in [3.05, 3.63) is 64.8 Å². The maximum absolute atomic E-state index is 14.9. The molecule has 0 unspecified atom stereocenters. The Labute approximate surface area is 327 Å². The third-order valence-corrected chi connectivity index (χ3v) is 14.9. The van der Waals surface area contributed by atoms with Crippen LogP contribution in [0.1, 0.15) is 106 Å². The number of guanidine groups is 1. The van der Waals surface area contributed by atoms with Crippen molar-refractivity contribution < 1.29 is 34.8 Å². The van der Waals surface area contributed by atoms with Gasteiger partial charge in [0.15, 0.2) is 11.7 Å². The van der Waals surface area contributed by atoms with Crippen LogP contribution in [0.2, 0.25) is 0 Å². The van der Waals surface area contributed by atoms with E-state index in [1.165, 1.54) is 6.08 Å². The molecule has 8 N–H and O–H groups in total. The molecule has 11 atom stereocenters. The summed E-state index contributed by atoms with van der Waals surface area (Å²) in [5.74, 6) is -3.08. The summed E-state index contributed by atoms with van der Waals surface area (Å²) in [6.07, 6.45) is 5.07. The van der Waals surface area contributed by atoms with E-state index in [4.69, 9.17) is 11.5 Å². The lowest BCUT2D eigenvalue weighted by Gasteiger charge is -2.63. The Bertz CT molecular complexity index is 1760. The van der Waals surface area contributed by atoms with Crippen LogP contribution in [0.25, 0.3) is 6.08 Å². The number of nitrogens with zero attached hydrogens (tertiary/aromatic N) is 1. The van der Waals surface area contributed by atoms with Crippen LogP contribution in [-0.4, -0.2) is 68.8 Å². The van der Waals surface area contributed by atoms with E-state index in [1.807, 2.05) is 77.1 Å². The number of aliphatic imine (C=N–C) groups is 1. The van der Waals surface area contributed by atoms with Gasteiger partial charge in [-0.15, -0.1) is 0 Å². The predicted molar refractivity (Wildman–Crippen MR) is 215 cm³/mol. The highest BCUT2D eigenvalue weighted by molar-refractivity contribution is 6.01. The fourth-order valence-corrected chi connectivity index (χ4v) is 11.8. The number of allylic oxidation sites excluding steroid dienone is 1. The number of fused-ring (bicyclic) bond motifs is 4. The van der Waals surface area contributed by atoms with E-state index in [1.54, 1.807) is 0 Å². The molecule has 0 spiro atoms. The fraction of sp³-hybridized carbons (Fsp3) is 0.644. The van der Waals surface area contributed by atoms with E-state index in [-0.39, 0.29) is 60.2 Å². The Hall–Kier alpha value is -3.60. The number of carboxylic acid groups (broad SMARTS) is 1. The smallest absolute Gasteiger partial charge is 0.331 e. The second-order valence-corrected chi connectivity index (χ2v) is 18.8. The summed E-state index contributed by atoms with van der Waals surface area (Å²) in [5, 5.41) is 47.0. The van der Waals surface area contributed by atoms with Gasteiger partial charge in [0.2, 0.25) is 0 Å². The molecular weight excluding hydrogens is 695 g/mol. The number of carbonyl (C=O) groups is 3. The highest BCUT2D eigenvalue weighted by atomic mass is 16.4. The molecule has 5 rings (SSSR count). The number of ketones is 2. The minimum Gasteiger partial charge on any atom is -0.478 e. The lowest BCUT2D eigenvalue weighted by atomic mass is 9.40. The molecule has 0 aliphatic heterocycles. The molecule has 2 saturated carbocycles. The standard InChI is InChI=1S/C45H65N3O7/c1-25(2)13-12-16-28(40(54)55)21-32(49)30(24-48-41(46)47)26(3)31-22-35(52)45(8)37-36(33(50)23-44(31,45)7)43(6)20-19-34(51)42(4,5)39(43)29(38(37)53)18-17-27-14-10-9-11-15-27/h9-11,14-15,17-18,21,25-26,29-32,35,38-39,49,52-53H,12-13,16,19-20,22-24H2,1-8H3,(H,54,55)(H4,46,47,48)/t26-,29+,30-,31+,32-,35+,38-,39+,43-,44-,45-/m1/s1. The molecule has 0 radical (unpaired) electrons. The molecule has 1 aromatic rings. The van der Waals surface area contributed by atoms with Crippen LogP contribution < -0.4 is 11.5 Å². The Morgan fingerprint density at radius 1 is 1.04 bits per heavy atom. The lowest BCUT2D eigenvalue weighted by molar-refractivity contribution is -0.151.